The van der Waals surface area contributed by atoms with Gasteiger partial charge in [-0.3, -0.25) is 4.79 Å². The molecule has 6 heteroatoms. The number of esters is 1. The van der Waals surface area contributed by atoms with Crippen molar-refractivity contribution >= 4 is 22.8 Å². The first kappa shape index (κ1) is 15.6. The van der Waals surface area contributed by atoms with Crippen LogP contribution in [0.5, 0.6) is 0 Å². The van der Waals surface area contributed by atoms with E-state index in [4.69, 9.17) is 9.47 Å². The van der Waals surface area contributed by atoms with Crippen molar-refractivity contribution in [2.45, 2.75) is 13.8 Å². The lowest BCUT2D eigenvalue weighted by molar-refractivity contribution is -0.138. The Morgan fingerprint density at radius 1 is 1.26 bits per heavy atom. The smallest absolute Gasteiger partial charge is 0.338 e. The summed E-state index contributed by atoms with van der Waals surface area (Å²) in [5.41, 5.74) is 3.63. The summed E-state index contributed by atoms with van der Waals surface area (Å²) in [5.74, 6) is -0.664. The quantitative estimate of drug-likeness (QED) is 0.877. The van der Waals surface area contributed by atoms with Gasteiger partial charge in [0.2, 0.25) is 0 Å². The van der Waals surface area contributed by atoms with Crippen LogP contribution in [0.1, 0.15) is 21.6 Å². The fourth-order valence-electron chi connectivity index (χ4n) is 2.70. The van der Waals surface area contributed by atoms with Gasteiger partial charge in [-0.2, -0.15) is 0 Å². The van der Waals surface area contributed by atoms with Gasteiger partial charge in [0, 0.05) is 29.7 Å². The van der Waals surface area contributed by atoms with Crippen LogP contribution < -0.4 is 0 Å². The Balaban J connectivity index is 1.66. The molecule has 1 amide bonds. The zero-order valence-electron chi connectivity index (χ0n) is 13.3. The second kappa shape index (κ2) is 6.42. The van der Waals surface area contributed by atoms with Crippen molar-refractivity contribution in [1.29, 1.82) is 0 Å². The van der Waals surface area contributed by atoms with E-state index in [9.17, 15) is 9.59 Å². The van der Waals surface area contributed by atoms with Crippen molar-refractivity contribution in [3.8, 4) is 0 Å². The predicted octanol–water partition coefficient (Wildman–Crippen LogP) is 1.80. The standard InChI is InChI=1S/C17H20N2O4/c1-11-12(2)18-15-4-3-13(9-14(11)15)17(21)23-10-16(20)19-5-7-22-8-6-19/h3-4,9,18H,5-8,10H2,1-2H3. The predicted molar refractivity (Wildman–Crippen MR) is 85.5 cm³/mol. The number of hydrogen-bond donors (Lipinski definition) is 1. The molecule has 0 aliphatic carbocycles. The van der Waals surface area contributed by atoms with Crippen LogP contribution in [-0.2, 0) is 14.3 Å². The number of carbonyl (C=O) groups is 2. The average molecular weight is 316 g/mol. The third-order valence-electron chi connectivity index (χ3n) is 4.23. The Labute approximate surface area is 134 Å². The van der Waals surface area contributed by atoms with Crippen molar-refractivity contribution in [3.05, 3.63) is 35.0 Å². The molecule has 2 aromatic rings. The van der Waals surface area contributed by atoms with E-state index in [1.54, 1.807) is 17.0 Å². The third kappa shape index (κ3) is 3.22. The third-order valence-corrected chi connectivity index (χ3v) is 4.23. The fourth-order valence-corrected chi connectivity index (χ4v) is 2.70. The number of aromatic nitrogens is 1. The minimum Gasteiger partial charge on any atom is -0.452 e. The second-order valence-corrected chi connectivity index (χ2v) is 5.70. The maximum absolute atomic E-state index is 12.2. The number of hydrogen-bond acceptors (Lipinski definition) is 4. The molecule has 3 rings (SSSR count). The summed E-state index contributed by atoms with van der Waals surface area (Å²) in [6.45, 7) is 5.92. The molecule has 0 saturated carbocycles. The molecule has 1 saturated heterocycles. The van der Waals surface area contributed by atoms with Gasteiger partial charge >= 0.3 is 5.97 Å². The molecule has 1 aliphatic heterocycles. The van der Waals surface area contributed by atoms with E-state index >= 15 is 0 Å². The number of rotatable bonds is 3. The molecule has 0 bridgehead atoms. The van der Waals surface area contributed by atoms with Crippen LogP contribution >= 0.6 is 0 Å². The van der Waals surface area contributed by atoms with Crippen molar-refractivity contribution in [1.82, 2.24) is 9.88 Å². The zero-order chi connectivity index (χ0) is 16.4. The van der Waals surface area contributed by atoms with E-state index < -0.39 is 5.97 Å². The highest BCUT2D eigenvalue weighted by Crippen LogP contribution is 2.22. The highest BCUT2D eigenvalue weighted by molar-refractivity contribution is 5.96. The van der Waals surface area contributed by atoms with Crippen LogP contribution in [0.25, 0.3) is 10.9 Å². The number of carbonyl (C=O) groups excluding carboxylic acids is 2. The van der Waals surface area contributed by atoms with Gasteiger partial charge in [0.15, 0.2) is 6.61 Å². The number of benzene rings is 1. The van der Waals surface area contributed by atoms with E-state index in [0.717, 1.165) is 22.2 Å². The number of amides is 1. The minimum absolute atomic E-state index is 0.184. The summed E-state index contributed by atoms with van der Waals surface area (Å²) in [5, 5.41) is 0.997. The highest BCUT2D eigenvalue weighted by atomic mass is 16.5. The van der Waals surface area contributed by atoms with Gasteiger partial charge in [0.1, 0.15) is 0 Å². The molecule has 2 heterocycles. The minimum atomic E-state index is -0.480. The van der Waals surface area contributed by atoms with Crippen LogP contribution in [0.2, 0.25) is 0 Å². The molecule has 0 radical (unpaired) electrons. The molecule has 0 spiro atoms. The van der Waals surface area contributed by atoms with Gasteiger partial charge in [-0.15, -0.1) is 0 Å². The molecule has 1 aliphatic rings. The summed E-state index contributed by atoms with van der Waals surface area (Å²) in [7, 11) is 0. The molecule has 0 unspecified atom stereocenters. The van der Waals surface area contributed by atoms with Gasteiger partial charge in [-0.05, 0) is 37.6 Å². The first-order valence-corrected chi connectivity index (χ1v) is 7.68. The number of nitrogens with zero attached hydrogens (tertiary/aromatic N) is 1. The van der Waals surface area contributed by atoms with Crippen LogP contribution in [0.3, 0.4) is 0 Å². The van der Waals surface area contributed by atoms with E-state index in [-0.39, 0.29) is 12.5 Å². The fraction of sp³-hybridized carbons (Fsp3) is 0.412. The highest BCUT2D eigenvalue weighted by Gasteiger charge is 2.19. The lowest BCUT2D eigenvalue weighted by Crippen LogP contribution is -2.42. The van der Waals surface area contributed by atoms with E-state index in [2.05, 4.69) is 4.98 Å². The van der Waals surface area contributed by atoms with Crippen molar-refractivity contribution < 1.29 is 19.1 Å². The molecular formula is C17H20N2O4. The summed E-state index contributed by atoms with van der Waals surface area (Å²) < 4.78 is 10.4. The number of morpholine rings is 1. The Hall–Kier alpha value is -2.34. The van der Waals surface area contributed by atoms with E-state index in [1.165, 1.54) is 0 Å². The van der Waals surface area contributed by atoms with Crippen molar-refractivity contribution in [3.63, 3.8) is 0 Å². The molecule has 122 valence electrons. The molecule has 1 fully saturated rings. The molecule has 6 nitrogen and oxygen atoms in total. The van der Waals surface area contributed by atoms with Gasteiger partial charge in [0.05, 0.1) is 18.8 Å². The molecule has 23 heavy (non-hydrogen) atoms. The average Bonchev–Trinajstić information content (AvgIpc) is 2.87. The monoisotopic (exact) mass is 316 g/mol. The first-order chi connectivity index (χ1) is 11.1. The second-order valence-electron chi connectivity index (χ2n) is 5.70. The number of nitrogens with one attached hydrogen (secondary N) is 1. The molecule has 1 N–H and O–H groups in total. The first-order valence-electron chi connectivity index (χ1n) is 7.68. The summed E-state index contributed by atoms with van der Waals surface area (Å²) in [6.07, 6.45) is 0. The lowest BCUT2D eigenvalue weighted by Gasteiger charge is -2.26. The summed E-state index contributed by atoms with van der Waals surface area (Å²) in [4.78, 5) is 29.1. The van der Waals surface area contributed by atoms with Gasteiger partial charge in [-0.1, -0.05) is 0 Å². The number of H-pyrrole nitrogens is 1. The maximum Gasteiger partial charge on any atom is 0.338 e. The van der Waals surface area contributed by atoms with Crippen LogP contribution in [0.15, 0.2) is 18.2 Å². The number of aryl methyl sites for hydroxylation is 2. The van der Waals surface area contributed by atoms with E-state index in [0.29, 0.717) is 31.9 Å². The van der Waals surface area contributed by atoms with Crippen LogP contribution in [-0.4, -0.2) is 54.7 Å². The Bertz CT molecular complexity index is 744. The Morgan fingerprint density at radius 3 is 2.74 bits per heavy atom. The molecule has 1 aromatic heterocycles. The SMILES string of the molecule is Cc1[nH]c2ccc(C(=O)OCC(=O)N3CCOCC3)cc2c1C. The number of fused-ring (bicyclic) bond motifs is 1. The van der Waals surface area contributed by atoms with Crippen LogP contribution in [0.4, 0.5) is 0 Å². The largest absolute Gasteiger partial charge is 0.452 e. The van der Waals surface area contributed by atoms with Crippen molar-refractivity contribution in [2.24, 2.45) is 0 Å². The number of ether oxygens (including phenoxy) is 2. The maximum atomic E-state index is 12.2. The molecule has 1 aromatic carbocycles. The van der Waals surface area contributed by atoms with Gasteiger partial charge < -0.3 is 19.4 Å². The summed E-state index contributed by atoms with van der Waals surface area (Å²) in [6, 6.07) is 5.37. The van der Waals surface area contributed by atoms with Crippen molar-refractivity contribution in [2.75, 3.05) is 32.9 Å². The molecule has 0 atom stereocenters. The Morgan fingerprint density at radius 2 is 2.00 bits per heavy atom. The van der Waals surface area contributed by atoms with E-state index in [1.807, 2.05) is 19.9 Å². The Kier molecular flexibility index (Phi) is 4.34. The van der Waals surface area contributed by atoms with Gasteiger partial charge in [0.25, 0.3) is 5.91 Å². The number of aromatic amines is 1. The van der Waals surface area contributed by atoms with Gasteiger partial charge in [-0.25, -0.2) is 4.79 Å². The molecular weight excluding hydrogens is 296 g/mol. The zero-order valence-corrected chi connectivity index (χ0v) is 13.3. The normalized spacial score (nSPS) is 15.0. The van der Waals surface area contributed by atoms with Crippen LogP contribution in [0, 0.1) is 13.8 Å². The topological polar surface area (TPSA) is 71.6 Å². The lowest BCUT2D eigenvalue weighted by atomic mass is 10.1. The summed E-state index contributed by atoms with van der Waals surface area (Å²) >= 11 is 0.